The zero-order valence-electron chi connectivity index (χ0n) is 17.1. The first-order valence-corrected chi connectivity index (χ1v) is 11.5. The topological polar surface area (TPSA) is 79.4 Å². The van der Waals surface area contributed by atoms with Gasteiger partial charge in [-0.3, -0.25) is 9.78 Å². The molecule has 1 aliphatic rings. The summed E-state index contributed by atoms with van der Waals surface area (Å²) in [5.41, 5.74) is 3.34. The van der Waals surface area contributed by atoms with Crippen molar-refractivity contribution in [1.29, 1.82) is 0 Å². The van der Waals surface area contributed by atoms with Gasteiger partial charge in [0.05, 0.1) is 16.4 Å². The zero-order chi connectivity index (χ0) is 21.3. The maximum atomic E-state index is 13.1. The SMILES string of the molecule is Cc1cc(C)c(NC(=O)c2ccc(Cl)c(S(=O)(=O)N3CCCC(C)C3)c2)c(C)n1. The largest absolute Gasteiger partial charge is 0.320 e. The predicted molar refractivity (Wildman–Crippen MR) is 115 cm³/mol. The average Bonchev–Trinajstić information content (AvgIpc) is 2.64. The summed E-state index contributed by atoms with van der Waals surface area (Å²) >= 11 is 6.22. The molecule has 1 saturated heterocycles. The number of sulfonamides is 1. The molecule has 0 aliphatic carbocycles. The first-order valence-electron chi connectivity index (χ1n) is 9.65. The van der Waals surface area contributed by atoms with Gasteiger partial charge in [0.25, 0.3) is 5.91 Å². The van der Waals surface area contributed by atoms with Crippen LogP contribution in [0.5, 0.6) is 0 Å². The number of nitrogens with zero attached hydrogens (tertiary/aromatic N) is 2. The van der Waals surface area contributed by atoms with E-state index in [1.807, 2.05) is 33.8 Å². The van der Waals surface area contributed by atoms with E-state index >= 15 is 0 Å². The third kappa shape index (κ3) is 4.63. The van der Waals surface area contributed by atoms with E-state index in [-0.39, 0.29) is 15.5 Å². The minimum atomic E-state index is -3.77. The summed E-state index contributed by atoms with van der Waals surface area (Å²) in [5.74, 6) is -0.106. The van der Waals surface area contributed by atoms with Crippen molar-refractivity contribution in [3.05, 3.63) is 51.8 Å². The summed E-state index contributed by atoms with van der Waals surface area (Å²) in [6, 6.07) is 6.24. The first kappa shape index (κ1) is 21.7. The van der Waals surface area contributed by atoms with Gasteiger partial charge in [-0.25, -0.2) is 8.42 Å². The van der Waals surface area contributed by atoms with Crippen LogP contribution in [-0.4, -0.2) is 36.7 Å². The molecule has 0 spiro atoms. The van der Waals surface area contributed by atoms with Crippen molar-refractivity contribution in [1.82, 2.24) is 9.29 Å². The Kier molecular flexibility index (Phi) is 6.31. The van der Waals surface area contributed by atoms with Gasteiger partial charge in [0.15, 0.2) is 0 Å². The molecule has 2 heterocycles. The van der Waals surface area contributed by atoms with Crippen molar-refractivity contribution in [2.24, 2.45) is 5.92 Å². The number of rotatable bonds is 4. The minimum Gasteiger partial charge on any atom is -0.320 e. The normalized spacial score (nSPS) is 17.9. The Morgan fingerprint density at radius 1 is 1.24 bits per heavy atom. The molecule has 1 aromatic heterocycles. The molecule has 156 valence electrons. The maximum Gasteiger partial charge on any atom is 0.255 e. The molecule has 1 N–H and O–H groups in total. The van der Waals surface area contributed by atoms with Gasteiger partial charge >= 0.3 is 0 Å². The lowest BCUT2D eigenvalue weighted by Gasteiger charge is -2.30. The molecule has 6 nitrogen and oxygen atoms in total. The van der Waals surface area contributed by atoms with Crippen LogP contribution in [0.4, 0.5) is 5.69 Å². The maximum absolute atomic E-state index is 13.1. The van der Waals surface area contributed by atoms with E-state index in [1.165, 1.54) is 22.5 Å². The molecule has 29 heavy (non-hydrogen) atoms. The van der Waals surface area contributed by atoms with Gasteiger partial charge in [0.2, 0.25) is 10.0 Å². The molecule has 8 heteroatoms. The first-order chi connectivity index (χ1) is 13.6. The molecule has 0 bridgehead atoms. The van der Waals surface area contributed by atoms with Crippen molar-refractivity contribution in [2.75, 3.05) is 18.4 Å². The van der Waals surface area contributed by atoms with Gasteiger partial charge in [-0.05, 0) is 69.4 Å². The van der Waals surface area contributed by atoms with E-state index in [9.17, 15) is 13.2 Å². The van der Waals surface area contributed by atoms with Crippen molar-refractivity contribution >= 4 is 33.2 Å². The zero-order valence-corrected chi connectivity index (χ0v) is 18.7. The van der Waals surface area contributed by atoms with Crippen molar-refractivity contribution < 1.29 is 13.2 Å². The summed E-state index contributed by atoms with van der Waals surface area (Å²) in [4.78, 5) is 17.2. The number of pyridine rings is 1. The molecule has 3 rings (SSSR count). The fraction of sp³-hybridized carbons (Fsp3) is 0.429. The van der Waals surface area contributed by atoms with E-state index in [4.69, 9.17) is 11.6 Å². The Morgan fingerprint density at radius 3 is 2.62 bits per heavy atom. The highest BCUT2D eigenvalue weighted by Gasteiger charge is 2.31. The number of piperidine rings is 1. The predicted octanol–water partition coefficient (Wildman–Crippen LogP) is 4.33. The molecule has 1 aromatic carbocycles. The number of nitrogens with one attached hydrogen (secondary N) is 1. The molecule has 1 amide bonds. The van der Waals surface area contributed by atoms with Crippen molar-refractivity contribution in [2.45, 2.75) is 45.4 Å². The summed E-state index contributed by atoms with van der Waals surface area (Å²) in [6.45, 7) is 8.57. The number of halogens is 1. The number of aryl methyl sites for hydroxylation is 3. The smallest absolute Gasteiger partial charge is 0.255 e. The van der Waals surface area contributed by atoms with Crippen LogP contribution >= 0.6 is 11.6 Å². The van der Waals surface area contributed by atoms with Gasteiger partial charge in [0, 0.05) is 24.3 Å². The van der Waals surface area contributed by atoms with E-state index in [0.29, 0.717) is 30.4 Å². The quantitative estimate of drug-likeness (QED) is 0.774. The molecule has 2 aromatic rings. The molecule has 1 unspecified atom stereocenters. The lowest BCUT2D eigenvalue weighted by atomic mass is 10.0. The molecular weight excluding hydrogens is 410 g/mol. The standard InChI is InChI=1S/C21H26ClN3O3S/c1-13-6-5-9-25(12-13)29(27,28)19-11-17(7-8-18(19)22)21(26)24-20-14(2)10-15(3)23-16(20)4/h7-8,10-11,13H,5-6,9,12H2,1-4H3,(H,24,26). The number of aromatic nitrogens is 1. The van der Waals surface area contributed by atoms with Crippen LogP contribution in [0.25, 0.3) is 0 Å². The summed E-state index contributed by atoms with van der Waals surface area (Å²) in [7, 11) is -3.77. The lowest BCUT2D eigenvalue weighted by molar-refractivity contribution is 0.102. The Labute approximate surface area is 177 Å². The Bertz CT molecular complexity index is 1030. The van der Waals surface area contributed by atoms with Crippen LogP contribution in [-0.2, 0) is 10.0 Å². The van der Waals surface area contributed by atoms with E-state index in [0.717, 1.165) is 24.1 Å². The fourth-order valence-electron chi connectivity index (χ4n) is 3.74. The van der Waals surface area contributed by atoms with Crippen LogP contribution < -0.4 is 5.32 Å². The van der Waals surface area contributed by atoms with Crippen molar-refractivity contribution in [3.8, 4) is 0 Å². The fourth-order valence-corrected chi connectivity index (χ4v) is 5.84. The van der Waals surface area contributed by atoms with E-state index in [2.05, 4.69) is 10.3 Å². The molecular formula is C21H26ClN3O3S. The lowest BCUT2D eigenvalue weighted by Crippen LogP contribution is -2.39. The highest BCUT2D eigenvalue weighted by atomic mass is 35.5. The molecule has 0 radical (unpaired) electrons. The number of carbonyl (C=O) groups excluding carboxylic acids is 1. The Morgan fingerprint density at radius 2 is 1.97 bits per heavy atom. The summed E-state index contributed by atoms with van der Waals surface area (Å²) < 4.78 is 27.7. The van der Waals surface area contributed by atoms with Gasteiger partial charge < -0.3 is 5.32 Å². The van der Waals surface area contributed by atoms with Gasteiger partial charge in [0.1, 0.15) is 4.90 Å². The molecule has 1 fully saturated rings. The number of hydrogen-bond donors (Lipinski definition) is 1. The number of carbonyl (C=O) groups is 1. The van der Waals surface area contributed by atoms with E-state index in [1.54, 1.807) is 0 Å². The van der Waals surface area contributed by atoms with Gasteiger partial charge in [-0.2, -0.15) is 4.31 Å². The Hall–Kier alpha value is -1.96. The molecule has 0 saturated carbocycles. The second kappa shape index (κ2) is 8.42. The minimum absolute atomic E-state index is 0.0311. The van der Waals surface area contributed by atoms with Crippen molar-refractivity contribution in [3.63, 3.8) is 0 Å². The summed E-state index contributed by atoms with van der Waals surface area (Å²) in [5, 5.41) is 2.97. The van der Waals surface area contributed by atoms with Crippen LogP contribution in [0.2, 0.25) is 5.02 Å². The van der Waals surface area contributed by atoms with Gasteiger partial charge in [-0.1, -0.05) is 18.5 Å². The summed E-state index contributed by atoms with van der Waals surface area (Å²) in [6.07, 6.45) is 1.82. The number of hydrogen-bond acceptors (Lipinski definition) is 4. The average molecular weight is 436 g/mol. The van der Waals surface area contributed by atoms with Crippen LogP contribution in [0.1, 0.15) is 47.1 Å². The third-order valence-electron chi connectivity index (χ3n) is 5.20. The highest BCUT2D eigenvalue weighted by Crippen LogP contribution is 2.29. The van der Waals surface area contributed by atoms with E-state index < -0.39 is 15.9 Å². The van der Waals surface area contributed by atoms with Crippen LogP contribution in [0.15, 0.2) is 29.2 Å². The highest BCUT2D eigenvalue weighted by molar-refractivity contribution is 7.89. The van der Waals surface area contributed by atoms with Crippen LogP contribution in [0.3, 0.4) is 0 Å². The third-order valence-corrected chi connectivity index (χ3v) is 7.54. The molecule has 1 aliphatic heterocycles. The molecule has 1 atom stereocenters. The van der Waals surface area contributed by atoms with Crippen LogP contribution in [0, 0.1) is 26.7 Å². The second-order valence-corrected chi connectivity index (χ2v) is 10.1. The second-order valence-electron chi connectivity index (χ2n) is 7.75. The Balaban J connectivity index is 1.92. The number of benzene rings is 1. The number of anilines is 1. The number of amides is 1. The monoisotopic (exact) mass is 435 g/mol. The van der Waals surface area contributed by atoms with Gasteiger partial charge in [-0.15, -0.1) is 0 Å².